The van der Waals surface area contributed by atoms with Gasteiger partial charge in [-0.2, -0.15) is 0 Å². The summed E-state index contributed by atoms with van der Waals surface area (Å²) in [7, 11) is 0. The van der Waals surface area contributed by atoms with Crippen LogP contribution in [0.3, 0.4) is 0 Å². The van der Waals surface area contributed by atoms with Crippen molar-refractivity contribution in [2.45, 2.75) is 116 Å². The molecule has 0 aliphatic carbocycles. The van der Waals surface area contributed by atoms with E-state index in [4.69, 9.17) is 16.3 Å². The van der Waals surface area contributed by atoms with Crippen molar-refractivity contribution < 1.29 is 9.53 Å². The van der Waals surface area contributed by atoms with Crippen molar-refractivity contribution in [2.24, 2.45) is 0 Å². The van der Waals surface area contributed by atoms with Crippen LogP contribution < -0.4 is 0 Å². The molecule has 0 spiro atoms. The number of hydrogen-bond donors (Lipinski definition) is 0. The number of alkyl halides is 1. The maximum Gasteiger partial charge on any atom is 0.302 e. The second kappa shape index (κ2) is 18.1. The standard InChI is InChI=1S/C20H39ClO2/c1-3-4-5-13-16-20(21)17-14-11-9-7-6-8-10-12-15-18-23-19(2)22/h20H,3-18H2,1-2H3. The highest BCUT2D eigenvalue weighted by molar-refractivity contribution is 6.20. The molecule has 0 aromatic rings. The number of carbonyl (C=O) groups excluding carboxylic acids is 1. The van der Waals surface area contributed by atoms with Gasteiger partial charge in [0.25, 0.3) is 0 Å². The lowest BCUT2D eigenvalue weighted by Crippen LogP contribution is -2.00. The van der Waals surface area contributed by atoms with Crippen molar-refractivity contribution in [3.63, 3.8) is 0 Å². The van der Waals surface area contributed by atoms with Crippen LogP contribution in [0, 0.1) is 0 Å². The van der Waals surface area contributed by atoms with Crippen molar-refractivity contribution in [3.8, 4) is 0 Å². The first-order valence-electron chi connectivity index (χ1n) is 9.94. The number of esters is 1. The summed E-state index contributed by atoms with van der Waals surface area (Å²) in [6.45, 7) is 4.31. The molecule has 2 nitrogen and oxygen atoms in total. The van der Waals surface area contributed by atoms with Crippen LogP contribution >= 0.6 is 11.6 Å². The molecule has 0 aromatic heterocycles. The SMILES string of the molecule is CCCCCCC(Cl)CCCCCCCCCCCOC(C)=O. The minimum atomic E-state index is -0.162. The van der Waals surface area contributed by atoms with Gasteiger partial charge in [0.2, 0.25) is 0 Å². The van der Waals surface area contributed by atoms with E-state index in [-0.39, 0.29) is 5.97 Å². The van der Waals surface area contributed by atoms with Gasteiger partial charge in [0.1, 0.15) is 0 Å². The molecule has 0 saturated heterocycles. The monoisotopic (exact) mass is 346 g/mol. The predicted octanol–water partition coefficient (Wildman–Crippen LogP) is 7.03. The summed E-state index contributed by atoms with van der Waals surface area (Å²) >= 11 is 6.37. The van der Waals surface area contributed by atoms with Gasteiger partial charge >= 0.3 is 5.97 Å². The summed E-state index contributed by atoms with van der Waals surface area (Å²) in [4.78, 5) is 10.6. The van der Waals surface area contributed by atoms with E-state index < -0.39 is 0 Å². The molecule has 138 valence electrons. The number of unbranched alkanes of at least 4 members (excludes halogenated alkanes) is 11. The van der Waals surface area contributed by atoms with Gasteiger partial charge in [-0.25, -0.2) is 0 Å². The largest absolute Gasteiger partial charge is 0.466 e. The van der Waals surface area contributed by atoms with E-state index in [2.05, 4.69) is 6.92 Å². The predicted molar refractivity (Wildman–Crippen MR) is 101 cm³/mol. The second-order valence-corrected chi connectivity index (χ2v) is 7.37. The smallest absolute Gasteiger partial charge is 0.302 e. The Morgan fingerprint density at radius 3 is 1.70 bits per heavy atom. The third-order valence-electron chi connectivity index (χ3n) is 4.34. The Kier molecular flexibility index (Phi) is 17.9. The Labute approximate surface area is 149 Å². The minimum absolute atomic E-state index is 0.162. The number of carbonyl (C=O) groups is 1. The molecule has 0 N–H and O–H groups in total. The van der Waals surface area contributed by atoms with Crippen LogP contribution in [0.5, 0.6) is 0 Å². The van der Waals surface area contributed by atoms with Crippen LogP contribution in [-0.4, -0.2) is 18.0 Å². The van der Waals surface area contributed by atoms with E-state index in [1.54, 1.807) is 0 Å². The lowest BCUT2D eigenvalue weighted by Gasteiger charge is -2.09. The molecule has 0 heterocycles. The number of ether oxygens (including phenoxy) is 1. The maximum absolute atomic E-state index is 10.6. The minimum Gasteiger partial charge on any atom is -0.466 e. The second-order valence-electron chi connectivity index (χ2n) is 6.76. The highest BCUT2D eigenvalue weighted by atomic mass is 35.5. The Bertz CT molecular complexity index is 256. The van der Waals surface area contributed by atoms with Crippen LogP contribution in [0.15, 0.2) is 0 Å². The molecule has 1 atom stereocenters. The van der Waals surface area contributed by atoms with E-state index in [0.29, 0.717) is 12.0 Å². The van der Waals surface area contributed by atoms with Crippen molar-refractivity contribution in [1.82, 2.24) is 0 Å². The van der Waals surface area contributed by atoms with E-state index in [0.717, 1.165) is 6.42 Å². The molecule has 23 heavy (non-hydrogen) atoms. The van der Waals surface area contributed by atoms with Gasteiger partial charge in [0.15, 0.2) is 0 Å². The number of rotatable bonds is 17. The Balaban J connectivity index is 3.11. The highest BCUT2D eigenvalue weighted by Gasteiger charge is 2.03. The van der Waals surface area contributed by atoms with Gasteiger partial charge in [0, 0.05) is 12.3 Å². The third-order valence-corrected chi connectivity index (χ3v) is 4.77. The molecule has 0 radical (unpaired) electrons. The van der Waals surface area contributed by atoms with Gasteiger partial charge in [0.05, 0.1) is 6.61 Å². The molecular weight excluding hydrogens is 308 g/mol. The first-order chi connectivity index (χ1) is 11.2. The molecule has 0 bridgehead atoms. The zero-order valence-electron chi connectivity index (χ0n) is 15.6. The highest BCUT2D eigenvalue weighted by Crippen LogP contribution is 2.17. The fourth-order valence-corrected chi connectivity index (χ4v) is 3.17. The molecule has 0 saturated carbocycles. The lowest BCUT2D eigenvalue weighted by atomic mass is 10.0. The quantitative estimate of drug-likeness (QED) is 0.160. The fourth-order valence-electron chi connectivity index (χ4n) is 2.86. The zero-order chi connectivity index (χ0) is 17.2. The molecule has 0 fully saturated rings. The average Bonchev–Trinajstić information content (AvgIpc) is 2.52. The average molecular weight is 347 g/mol. The van der Waals surface area contributed by atoms with Crippen molar-refractivity contribution in [2.75, 3.05) is 6.61 Å². The van der Waals surface area contributed by atoms with Crippen molar-refractivity contribution in [1.29, 1.82) is 0 Å². The summed E-state index contributed by atoms with van der Waals surface area (Å²) in [6.07, 6.45) is 19.2. The Morgan fingerprint density at radius 1 is 0.783 bits per heavy atom. The number of hydrogen-bond acceptors (Lipinski definition) is 2. The molecule has 1 unspecified atom stereocenters. The molecular formula is C20H39ClO2. The van der Waals surface area contributed by atoms with E-state index in [1.165, 1.54) is 96.8 Å². The molecule has 0 aromatic carbocycles. The van der Waals surface area contributed by atoms with Crippen LogP contribution in [-0.2, 0) is 9.53 Å². The Morgan fingerprint density at radius 2 is 1.22 bits per heavy atom. The summed E-state index contributed by atoms with van der Waals surface area (Å²) < 4.78 is 4.92. The topological polar surface area (TPSA) is 26.3 Å². The normalized spacial score (nSPS) is 12.3. The van der Waals surface area contributed by atoms with Crippen molar-refractivity contribution in [3.05, 3.63) is 0 Å². The summed E-state index contributed by atoms with van der Waals surface area (Å²) in [5.74, 6) is -0.162. The van der Waals surface area contributed by atoms with Gasteiger partial charge in [-0.05, 0) is 19.3 Å². The van der Waals surface area contributed by atoms with Gasteiger partial charge in [-0.3, -0.25) is 4.79 Å². The first-order valence-corrected chi connectivity index (χ1v) is 10.4. The van der Waals surface area contributed by atoms with Gasteiger partial charge in [-0.15, -0.1) is 11.6 Å². The first kappa shape index (κ1) is 22.8. The molecule has 0 amide bonds. The van der Waals surface area contributed by atoms with E-state index >= 15 is 0 Å². The summed E-state index contributed by atoms with van der Waals surface area (Å²) in [5.41, 5.74) is 0. The molecule has 0 rings (SSSR count). The molecule has 0 aliphatic rings. The zero-order valence-corrected chi connectivity index (χ0v) is 16.3. The third kappa shape index (κ3) is 19.7. The maximum atomic E-state index is 10.6. The van der Waals surface area contributed by atoms with Crippen LogP contribution in [0.25, 0.3) is 0 Å². The van der Waals surface area contributed by atoms with Gasteiger partial charge in [-0.1, -0.05) is 84.0 Å². The van der Waals surface area contributed by atoms with Gasteiger partial charge < -0.3 is 4.74 Å². The lowest BCUT2D eigenvalue weighted by molar-refractivity contribution is -0.141. The van der Waals surface area contributed by atoms with E-state index in [1.807, 2.05) is 0 Å². The van der Waals surface area contributed by atoms with Crippen LogP contribution in [0.1, 0.15) is 110 Å². The molecule has 0 aliphatic heterocycles. The fraction of sp³-hybridized carbons (Fsp3) is 0.950. The van der Waals surface area contributed by atoms with Crippen LogP contribution in [0.2, 0.25) is 0 Å². The summed E-state index contributed by atoms with van der Waals surface area (Å²) in [5, 5.41) is 0.407. The Hall–Kier alpha value is -0.240. The summed E-state index contributed by atoms with van der Waals surface area (Å²) in [6, 6.07) is 0. The van der Waals surface area contributed by atoms with Crippen molar-refractivity contribution >= 4 is 17.6 Å². The van der Waals surface area contributed by atoms with E-state index in [9.17, 15) is 4.79 Å². The van der Waals surface area contributed by atoms with Crippen LogP contribution in [0.4, 0.5) is 0 Å². The molecule has 3 heteroatoms. The number of halogens is 1.